The third kappa shape index (κ3) is 2.58. The first-order valence-corrected chi connectivity index (χ1v) is 7.30. The van der Waals surface area contributed by atoms with Crippen LogP contribution in [0.3, 0.4) is 0 Å². The van der Waals surface area contributed by atoms with E-state index in [1.54, 1.807) is 0 Å². The number of aryl methyl sites for hydroxylation is 1. The Balaban J connectivity index is 1.58. The molecule has 2 aliphatic rings. The van der Waals surface area contributed by atoms with Gasteiger partial charge in [0.2, 0.25) is 0 Å². The van der Waals surface area contributed by atoms with Gasteiger partial charge in [-0.3, -0.25) is 9.48 Å². The average molecular weight is 278 g/mol. The molecule has 0 aromatic carbocycles. The molecule has 110 valence electrons. The van der Waals surface area contributed by atoms with Crippen molar-refractivity contribution < 1.29 is 9.53 Å². The number of hydrogen-bond donors (Lipinski definition) is 1. The minimum Gasteiger partial charge on any atom is -0.364 e. The Labute approximate surface area is 118 Å². The number of nitrogens with two attached hydrogens (primary N) is 1. The van der Waals surface area contributed by atoms with Crippen LogP contribution in [-0.4, -0.2) is 52.4 Å². The Kier molecular flexibility index (Phi) is 3.76. The molecule has 2 fully saturated rings. The predicted octanol–water partition coefficient (Wildman–Crippen LogP) is 0.242. The van der Waals surface area contributed by atoms with E-state index in [9.17, 15) is 4.79 Å². The van der Waals surface area contributed by atoms with Crippen molar-refractivity contribution in [2.75, 3.05) is 19.6 Å². The van der Waals surface area contributed by atoms with Crippen molar-refractivity contribution in [1.82, 2.24) is 14.7 Å². The molecule has 1 aromatic heterocycles. The molecule has 0 aliphatic carbocycles. The number of carbonyl (C=O) groups excluding carboxylic acids is 1. The lowest BCUT2D eigenvalue weighted by Gasteiger charge is -2.20. The highest BCUT2D eigenvalue weighted by molar-refractivity contribution is 5.81. The standard InChI is InChI=1S/C14H22N4O2/c1-17-8-11(7-16-17)10-4-5-18(9-10)14(19)13-3-2-12(6-15)20-13/h7-8,10,12-13H,2-6,9,15H2,1H3/t10?,12-,13+/m1/s1. The Hall–Kier alpha value is -1.40. The van der Waals surface area contributed by atoms with E-state index in [1.165, 1.54) is 5.56 Å². The van der Waals surface area contributed by atoms with Gasteiger partial charge in [0.25, 0.3) is 5.91 Å². The zero-order valence-electron chi connectivity index (χ0n) is 11.9. The van der Waals surface area contributed by atoms with Crippen molar-refractivity contribution in [3.8, 4) is 0 Å². The minimum atomic E-state index is -0.281. The second-order valence-corrected chi connectivity index (χ2v) is 5.78. The molecule has 2 aliphatic heterocycles. The number of aromatic nitrogens is 2. The average Bonchev–Trinajstić information content (AvgIpc) is 3.17. The van der Waals surface area contributed by atoms with Gasteiger partial charge in [0, 0.05) is 38.8 Å². The highest BCUT2D eigenvalue weighted by Crippen LogP contribution is 2.29. The van der Waals surface area contributed by atoms with Crippen molar-refractivity contribution in [2.45, 2.75) is 37.4 Å². The summed E-state index contributed by atoms with van der Waals surface area (Å²) in [6.45, 7) is 2.09. The quantitative estimate of drug-likeness (QED) is 0.859. The van der Waals surface area contributed by atoms with E-state index in [0.29, 0.717) is 12.5 Å². The van der Waals surface area contributed by atoms with E-state index < -0.39 is 0 Å². The second-order valence-electron chi connectivity index (χ2n) is 5.78. The molecule has 1 amide bonds. The maximum absolute atomic E-state index is 12.4. The van der Waals surface area contributed by atoms with E-state index in [1.807, 2.05) is 29.0 Å². The summed E-state index contributed by atoms with van der Waals surface area (Å²) in [5, 5.41) is 4.20. The molecule has 3 atom stereocenters. The van der Waals surface area contributed by atoms with Gasteiger partial charge in [0.15, 0.2) is 0 Å². The lowest BCUT2D eigenvalue weighted by Crippen LogP contribution is -2.38. The Bertz CT molecular complexity index is 487. The molecule has 6 heteroatoms. The van der Waals surface area contributed by atoms with Crippen molar-refractivity contribution in [3.63, 3.8) is 0 Å². The summed E-state index contributed by atoms with van der Waals surface area (Å²) in [4.78, 5) is 14.4. The highest BCUT2D eigenvalue weighted by atomic mass is 16.5. The molecule has 3 rings (SSSR count). The van der Waals surface area contributed by atoms with Crippen LogP contribution in [0.5, 0.6) is 0 Å². The van der Waals surface area contributed by atoms with E-state index in [0.717, 1.165) is 32.4 Å². The maximum Gasteiger partial charge on any atom is 0.251 e. The third-order valence-corrected chi connectivity index (χ3v) is 4.34. The van der Waals surface area contributed by atoms with Crippen LogP contribution in [0.15, 0.2) is 12.4 Å². The van der Waals surface area contributed by atoms with Gasteiger partial charge in [0.05, 0.1) is 12.3 Å². The number of nitrogens with zero attached hydrogens (tertiary/aromatic N) is 3. The van der Waals surface area contributed by atoms with Gasteiger partial charge >= 0.3 is 0 Å². The molecular weight excluding hydrogens is 256 g/mol. The summed E-state index contributed by atoms with van der Waals surface area (Å²) < 4.78 is 7.51. The van der Waals surface area contributed by atoms with Gasteiger partial charge in [-0.1, -0.05) is 0 Å². The number of ether oxygens (including phenoxy) is 1. The van der Waals surface area contributed by atoms with Crippen molar-refractivity contribution in [1.29, 1.82) is 0 Å². The number of rotatable bonds is 3. The summed E-state index contributed by atoms with van der Waals surface area (Å²) in [5.41, 5.74) is 6.81. The topological polar surface area (TPSA) is 73.4 Å². The molecule has 0 spiro atoms. The Morgan fingerprint density at radius 1 is 1.50 bits per heavy atom. The molecule has 3 heterocycles. The lowest BCUT2D eigenvalue weighted by atomic mass is 10.0. The highest BCUT2D eigenvalue weighted by Gasteiger charge is 2.36. The minimum absolute atomic E-state index is 0.0562. The third-order valence-electron chi connectivity index (χ3n) is 4.34. The molecule has 1 unspecified atom stereocenters. The van der Waals surface area contributed by atoms with Gasteiger partial charge in [-0.25, -0.2) is 0 Å². The van der Waals surface area contributed by atoms with E-state index in [-0.39, 0.29) is 18.1 Å². The van der Waals surface area contributed by atoms with Gasteiger partial charge in [0.1, 0.15) is 6.10 Å². The summed E-state index contributed by atoms with van der Waals surface area (Å²) >= 11 is 0. The number of amides is 1. The molecule has 0 bridgehead atoms. The SMILES string of the molecule is Cn1cc(C2CCN(C(=O)[C@@H]3CC[C@H](CN)O3)C2)cn1. The first-order valence-electron chi connectivity index (χ1n) is 7.30. The fourth-order valence-electron chi connectivity index (χ4n) is 3.15. The molecule has 1 aromatic rings. The van der Waals surface area contributed by atoms with Crippen LogP contribution in [-0.2, 0) is 16.6 Å². The van der Waals surface area contributed by atoms with Gasteiger partial charge in [-0.05, 0) is 24.8 Å². The summed E-state index contributed by atoms with van der Waals surface area (Å²) in [5.74, 6) is 0.534. The van der Waals surface area contributed by atoms with Crippen LogP contribution < -0.4 is 5.73 Å². The van der Waals surface area contributed by atoms with E-state index in [2.05, 4.69) is 5.10 Å². The Morgan fingerprint density at radius 3 is 3.00 bits per heavy atom. The summed E-state index contributed by atoms with van der Waals surface area (Å²) in [6, 6.07) is 0. The zero-order chi connectivity index (χ0) is 14.1. The van der Waals surface area contributed by atoms with E-state index >= 15 is 0 Å². The molecule has 0 saturated carbocycles. The molecule has 20 heavy (non-hydrogen) atoms. The first kappa shape index (κ1) is 13.6. The Morgan fingerprint density at radius 2 is 2.35 bits per heavy atom. The fourth-order valence-corrected chi connectivity index (χ4v) is 3.15. The van der Waals surface area contributed by atoms with Crippen LogP contribution in [0.4, 0.5) is 0 Å². The number of carbonyl (C=O) groups is 1. The maximum atomic E-state index is 12.4. The second kappa shape index (κ2) is 5.54. The van der Waals surface area contributed by atoms with Crippen molar-refractivity contribution in [2.24, 2.45) is 12.8 Å². The van der Waals surface area contributed by atoms with Crippen LogP contribution in [0.1, 0.15) is 30.7 Å². The van der Waals surface area contributed by atoms with Crippen LogP contribution in [0.2, 0.25) is 0 Å². The predicted molar refractivity (Wildman–Crippen MR) is 74.1 cm³/mol. The van der Waals surface area contributed by atoms with Gasteiger partial charge in [-0.2, -0.15) is 5.10 Å². The summed E-state index contributed by atoms with van der Waals surface area (Å²) in [6.07, 6.45) is 6.41. The molecule has 2 saturated heterocycles. The van der Waals surface area contributed by atoms with Crippen LogP contribution in [0.25, 0.3) is 0 Å². The smallest absolute Gasteiger partial charge is 0.251 e. The molecule has 2 N–H and O–H groups in total. The largest absolute Gasteiger partial charge is 0.364 e. The van der Waals surface area contributed by atoms with Crippen LogP contribution in [0, 0.1) is 0 Å². The monoisotopic (exact) mass is 278 g/mol. The number of likely N-dealkylation sites (tertiary alicyclic amines) is 1. The zero-order valence-corrected chi connectivity index (χ0v) is 11.9. The normalized spacial score (nSPS) is 30.1. The fraction of sp³-hybridized carbons (Fsp3) is 0.714. The van der Waals surface area contributed by atoms with Crippen molar-refractivity contribution >= 4 is 5.91 Å². The van der Waals surface area contributed by atoms with Crippen molar-refractivity contribution in [3.05, 3.63) is 18.0 Å². The lowest BCUT2D eigenvalue weighted by molar-refractivity contribution is -0.141. The first-order chi connectivity index (χ1) is 9.67. The molecule has 6 nitrogen and oxygen atoms in total. The van der Waals surface area contributed by atoms with Gasteiger partial charge < -0.3 is 15.4 Å². The summed E-state index contributed by atoms with van der Waals surface area (Å²) in [7, 11) is 1.92. The van der Waals surface area contributed by atoms with Crippen LogP contribution >= 0.6 is 0 Å². The van der Waals surface area contributed by atoms with E-state index in [4.69, 9.17) is 10.5 Å². The molecule has 0 radical (unpaired) electrons. The number of hydrogen-bond acceptors (Lipinski definition) is 4. The van der Waals surface area contributed by atoms with Gasteiger partial charge in [-0.15, -0.1) is 0 Å². The molecular formula is C14H22N4O2.